The first-order valence-corrected chi connectivity index (χ1v) is 5.62. The Bertz CT molecular complexity index is 387. The first-order chi connectivity index (χ1) is 8.26. The van der Waals surface area contributed by atoms with Crippen LogP contribution in [0.2, 0.25) is 0 Å². The molecule has 0 saturated carbocycles. The zero-order valence-corrected chi connectivity index (χ0v) is 10.0. The minimum absolute atomic E-state index is 0.0353. The fraction of sp³-hybridized carbons (Fsp3) is 0.500. The Morgan fingerprint density at radius 3 is 3.18 bits per heavy atom. The van der Waals surface area contributed by atoms with Crippen molar-refractivity contribution in [3.05, 3.63) is 30.2 Å². The summed E-state index contributed by atoms with van der Waals surface area (Å²) < 4.78 is 23.9. The second-order valence-corrected chi connectivity index (χ2v) is 3.82. The molecule has 0 amide bonds. The molecule has 0 aromatic carbocycles. The number of pyridine rings is 1. The van der Waals surface area contributed by atoms with Crippen LogP contribution < -0.4 is 4.74 Å². The second kappa shape index (κ2) is 5.42. The Morgan fingerprint density at radius 1 is 1.65 bits per heavy atom. The summed E-state index contributed by atoms with van der Waals surface area (Å²) in [6.45, 7) is 5.97. The molecule has 1 radical (unpaired) electrons. The van der Waals surface area contributed by atoms with Crippen LogP contribution in [0.3, 0.4) is 0 Å². The minimum atomic E-state index is -0.359. The monoisotopic (exact) mass is 239 g/mol. The highest BCUT2D eigenvalue weighted by atomic mass is 19.1. The molecule has 0 aliphatic carbocycles. The summed E-state index contributed by atoms with van der Waals surface area (Å²) >= 11 is 0. The van der Waals surface area contributed by atoms with E-state index < -0.39 is 0 Å². The molecule has 1 fully saturated rings. The summed E-state index contributed by atoms with van der Waals surface area (Å²) in [4.78, 5) is 6.06. The summed E-state index contributed by atoms with van der Waals surface area (Å²) in [6, 6.07) is 1.42. The number of hydrogen-bond donors (Lipinski definition) is 0. The molecular formula is C12H16FN2O2. The number of morpholine rings is 1. The molecule has 1 aromatic heterocycles. The Labute approximate surface area is 100 Å². The molecule has 1 atom stereocenters. The molecular weight excluding hydrogens is 223 g/mol. The van der Waals surface area contributed by atoms with E-state index in [1.165, 1.54) is 13.2 Å². The molecule has 0 spiro atoms. The van der Waals surface area contributed by atoms with Gasteiger partial charge in [-0.3, -0.25) is 4.90 Å². The van der Waals surface area contributed by atoms with E-state index in [1.807, 2.05) is 13.5 Å². The van der Waals surface area contributed by atoms with Crippen LogP contribution in [-0.4, -0.2) is 36.8 Å². The van der Waals surface area contributed by atoms with Gasteiger partial charge in [0.25, 0.3) is 0 Å². The maximum atomic E-state index is 13.3. The van der Waals surface area contributed by atoms with Gasteiger partial charge in [-0.15, -0.1) is 0 Å². The third-order valence-corrected chi connectivity index (χ3v) is 2.87. The molecule has 4 nitrogen and oxygen atoms in total. The normalized spacial score (nSPS) is 21.5. The molecule has 1 unspecified atom stereocenters. The molecule has 1 saturated heterocycles. The second-order valence-electron chi connectivity index (χ2n) is 3.82. The Kier molecular flexibility index (Phi) is 3.91. The van der Waals surface area contributed by atoms with Crippen molar-refractivity contribution in [3.63, 3.8) is 0 Å². The van der Waals surface area contributed by atoms with E-state index in [-0.39, 0.29) is 11.9 Å². The maximum Gasteiger partial charge on any atom is 0.218 e. The van der Waals surface area contributed by atoms with Crippen molar-refractivity contribution in [3.8, 4) is 5.88 Å². The van der Waals surface area contributed by atoms with Gasteiger partial charge >= 0.3 is 0 Å². The summed E-state index contributed by atoms with van der Waals surface area (Å²) in [5.41, 5.74) is 0.727. The molecule has 1 aliphatic heterocycles. The fourth-order valence-corrected chi connectivity index (χ4v) is 2.02. The van der Waals surface area contributed by atoms with Crippen molar-refractivity contribution in [2.45, 2.75) is 13.0 Å². The van der Waals surface area contributed by atoms with Gasteiger partial charge in [-0.05, 0) is 12.6 Å². The van der Waals surface area contributed by atoms with E-state index in [0.717, 1.165) is 18.3 Å². The van der Waals surface area contributed by atoms with Crippen LogP contribution >= 0.6 is 0 Å². The number of likely N-dealkylation sites (N-methyl/N-ethyl adjacent to an activating group) is 1. The number of nitrogens with zero attached hydrogens (tertiary/aromatic N) is 2. The average Bonchev–Trinajstić information content (AvgIpc) is 2.38. The topological polar surface area (TPSA) is 34.6 Å². The molecule has 0 N–H and O–H groups in total. The van der Waals surface area contributed by atoms with Crippen molar-refractivity contribution in [1.29, 1.82) is 0 Å². The van der Waals surface area contributed by atoms with Gasteiger partial charge in [-0.25, -0.2) is 9.37 Å². The van der Waals surface area contributed by atoms with Gasteiger partial charge in [0.05, 0.1) is 39.1 Å². The number of ether oxygens (including phenoxy) is 2. The minimum Gasteiger partial charge on any atom is -0.481 e. The van der Waals surface area contributed by atoms with Crippen LogP contribution in [0.25, 0.3) is 0 Å². The van der Waals surface area contributed by atoms with E-state index in [9.17, 15) is 4.39 Å². The molecule has 2 rings (SSSR count). The van der Waals surface area contributed by atoms with Gasteiger partial charge in [0, 0.05) is 5.56 Å². The number of methoxy groups -OCH3 is 1. The van der Waals surface area contributed by atoms with Crippen LogP contribution in [0.5, 0.6) is 5.88 Å². The molecule has 1 aliphatic rings. The third-order valence-electron chi connectivity index (χ3n) is 2.87. The first-order valence-electron chi connectivity index (χ1n) is 5.62. The number of rotatable bonds is 3. The molecule has 93 valence electrons. The summed E-state index contributed by atoms with van der Waals surface area (Å²) in [7, 11) is 1.54. The van der Waals surface area contributed by atoms with Gasteiger partial charge in [-0.2, -0.15) is 0 Å². The van der Waals surface area contributed by atoms with E-state index in [1.54, 1.807) is 0 Å². The van der Waals surface area contributed by atoms with Crippen LogP contribution in [-0.2, 0) is 4.74 Å². The Balaban J connectivity index is 2.33. The van der Waals surface area contributed by atoms with Crippen molar-refractivity contribution in [1.82, 2.24) is 9.88 Å². The SMILES string of the molecule is CCN1[CH]COCC1c1cc(F)cnc1OC. The van der Waals surface area contributed by atoms with Gasteiger partial charge in [0.2, 0.25) is 5.88 Å². The van der Waals surface area contributed by atoms with E-state index in [0.29, 0.717) is 19.1 Å². The van der Waals surface area contributed by atoms with Crippen molar-refractivity contribution < 1.29 is 13.9 Å². The number of halogens is 1. The highest BCUT2D eigenvalue weighted by Crippen LogP contribution is 2.31. The largest absolute Gasteiger partial charge is 0.481 e. The van der Waals surface area contributed by atoms with Crippen molar-refractivity contribution in [2.24, 2.45) is 0 Å². The van der Waals surface area contributed by atoms with Crippen LogP contribution in [0, 0.1) is 12.4 Å². The Hall–Kier alpha value is -1.20. The number of aromatic nitrogens is 1. The molecule has 17 heavy (non-hydrogen) atoms. The first kappa shape index (κ1) is 12.3. The highest BCUT2D eigenvalue weighted by Gasteiger charge is 2.27. The third kappa shape index (κ3) is 2.56. The molecule has 1 aromatic rings. The van der Waals surface area contributed by atoms with Gasteiger partial charge in [0.1, 0.15) is 5.82 Å². The van der Waals surface area contributed by atoms with Gasteiger partial charge in [0.15, 0.2) is 0 Å². The van der Waals surface area contributed by atoms with Crippen LogP contribution in [0.1, 0.15) is 18.5 Å². The van der Waals surface area contributed by atoms with E-state index in [2.05, 4.69) is 9.88 Å². The lowest BCUT2D eigenvalue weighted by Crippen LogP contribution is -2.36. The lowest BCUT2D eigenvalue weighted by atomic mass is 10.1. The summed E-state index contributed by atoms with van der Waals surface area (Å²) in [5, 5.41) is 0. The Morgan fingerprint density at radius 2 is 2.47 bits per heavy atom. The van der Waals surface area contributed by atoms with Crippen molar-refractivity contribution in [2.75, 3.05) is 26.9 Å². The van der Waals surface area contributed by atoms with Crippen molar-refractivity contribution >= 4 is 0 Å². The summed E-state index contributed by atoms with van der Waals surface area (Å²) in [6.07, 6.45) is 1.16. The zero-order chi connectivity index (χ0) is 12.3. The predicted octanol–water partition coefficient (Wildman–Crippen LogP) is 1.78. The highest BCUT2D eigenvalue weighted by molar-refractivity contribution is 5.30. The quantitative estimate of drug-likeness (QED) is 0.805. The number of hydrogen-bond acceptors (Lipinski definition) is 4. The summed E-state index contributed by atoms with van der Waals surface area (Å²) in [5.74, 6) is 0.0937. The predicted molar refractivity (Wildman–Crippen MR) is 61.0 cm³/mol. The molecule has 5 heteroatoms. The average molecular weight is 239 g/mol. The van der Waals surface area contributed by atoms with Gasteiger partial charge in [-0.1, -0.05) is 6.92 Å². The zero-order valence-electron chi connectivity index (χ0n) is 10.0. The molecule has 0 bridgehead atoms. The standard InChI is InChI=1S/C12H16FN2O2/c1-3-15-4-5-17-8-11(15)10-6-9(13)7-14-12(10)16-2/h4,6-7,11H,3,5,8H2,1-2H3. The lowest BCUT2D eigenvalue weighted by Gasteiger charge is -2.34. The fourth-order valence-electron chi connectivity index (χ4n) is 2.02. The molecule has 2 heterocycles. The van der Waals surface area contributed by atoms with Crippen LogP contribution in [0.4, 0.5) is 4.39 Å². The van der Waals surface area contributed by atoms with E-state index in [4.69, 9.17) is 9.47 Å². The smallest absolute Gasteiger partial charge is 0.218 e. The van der Waals surface area contributed by atoms with Crippen LogP contribution in [0.15, 0.2) is 12.3 Å². The van der Waals surface area contributed by atoms with E-state index >= 15 is 0 Å². The lowest BCUT2D eigenvalue weighted by molar-refractivity contribution is 0.0225. The van der Waals surface area contributed by atoms with Gasteiger partial charge < -0.3 is 9.47 Å². The maximum absolute atomic E-state index is 13.3.